The second-order valence-electron chi connectivity index (χ2n) is 13.4. The maximum Gasteiger partial charge on any atom is 0.0474 e. The van der Waals surface area contributed by atoms with E-state index >= 15 is 0 Å². The molecule has 0 N–H and O–H groups in total. The van der Waals surface area contributed by atoms with Gasteiger partial charge in [0, 0.05) is 37.2 Å². The molecule has 0 saturated carbocycles. The Kier molecular flexibility index (Phi) is 7.41. The number of benzene rings is 9. The monoisotopic (exact) mass is 679 g/mol. The zero-order valence-corrected chi connectivity index (χ0v) is 29.2. The average Bonchev–Trinajstić information content (AvgIpc) is 3.58. The molecule has 0 atom stereocenters. The molecule has 1 aromatic heterocycles. The molecule has 2 heteroatoms. The van der Waals surface area contributed by atoms with E-state index in [1.165, 1.54) is 75.1 Å². The lowest BCUT2D eigenvalue weighted by atomic mass is 9.96. The van der Waals surface area contributed by atoms with E-state index in [9.17, 15) is 0 Å². The van der Waals surface area contributed by atoms with E-state index in [0.717, 1.165) is 17.1 Å². The Balaban J connectivity index is 1.12. The van der Waals surface area contributed by atoms with Gasteiger partial charge in [0.2, 0.25) is 0 Å². The molecule has 0 amide bonds. The maximum absolute atomic E-state index is 2.39. The molecule has 0 fully saturated rings. The van der Waals surface area contributed by atoms with Crippen molar-refractivity contribution < 1.29 is 0 Å². The molecule has 0 aliphatic rings. The molecule has 0 aliphatic heterocycles. The van der Waals surface area contributed by atoms with Gasteiger partial charge in [-0.1, -0.05) is 152 Å². The fourth-order valence-electron chi connectivity index (χ4n) is 7.66. The summed E-state index contributed by atoms with van der Waals surface area (Å²) >= 11 is 1.89. The molecule has 0 radical (unpaired) electrons. The summed E-state index contributed by atoms with van der Waals surface area (Å²) in [6.45, 7) is 0. The highest BCUT2D eigenvalue weighted by molar-refractivity contribution is 7.26. The van der Waals surface area contributed by atoms with Gasteiger partial charge in [0.15, 0.2) is 0 Å². The number of hydrogen-bond donors (Lipinski definition) is 0. The first-order chi connectivity index (χ1) is 25.8. The first-order valence-electron chi connectivity index (χ1n) is 17.8. The Hall–Kier alpha value is -6.48. The van der Waals surface area contributed by atoms with Gasteiger partial charge in [-0.3, -0.25) is 0 Å². The highest BCUT2D eigenvalue weighted by Crippen LogP contribution is 2.44. The molecule has 1 heterocycles. The summed E-state index contributed by atoms with van der Waals surface area (Å²) < 4.78 is 2.66. The number of fused-ring (bicyclic) bond motifs is 5. The Labute approximate surface area is 307 Å². The van der Waals surface area contributed by atoms with E-state index in [-0.39, 0.29) is 0 Å². The number of anilines is 3. The third-order valence-electron chi connectivity index (χ3n) is 10.2. The van der Waals surface area contributed by atoms with E-state index < -0.39 is 0 Å². The van der Waals surface area contributed by atoms with Gasteiger partial charge < -0.3 is 4.90 Å². The molecular weight excluding hydrogens is 647 g/mol. The van der Waals surface area contributed by atoms with Crippen LogP contribution in [0.25, 0.3) is 75.1 Å². The third kappa shape index (κ3) is 5.33. The van der Waals surface area contributed by atoms with Gasteiger partial charge in [0.1, 0.15) is 0 Å². The lowest BCUT2D eigenvalue weighted by Crippen LogP contribution is -2.10. The molecule has 52 heavy (non-hydrogen) atoms. The van der Waals surface area contributed by atoms with Crippen molar-refractivity contribution in [2.45, 2.75) is 0 Å². The molecule has 10 aromatic rings. The Morgan fingerprint density at radius 2 is 0.846 bits per heavy atom. The van der Waals surface area contributed by atoms with Crippen LogP contribution in [-0.4, -0.2) is 0 Å². The standard InChI is InChI=1S/C50H33NS/c1-3-12-34(13-4-1)35-22-26-41(27-23-35)51(43-30-40-18-9-10-19-44(40)47(33-43)36-14-5-2-6-15-36)42-28-24-37(25-29-42)45-20-11-21-46-48-31-38-16-7-8-17-39(38)32-49(48)52-50(45)46/h1-33H. The van der Waals surface area contributed by atoms with Crippen molar-refractivity contribution in [2.24, 2.45) is 0 Å². The van der Waals surface area contributed by atoms with Crippen LogP contribution in [0.2, 0.25) is 0 Å². The molecule has 10 rings (SSSR count). The number of thiophene rings is 1. The SMILES string of the molecule is c1ccc(-c2ccc(N(c3ccc(-c4cccc5c4sc4cc6ccccc6cc45)cc3)c3cc(-c4ccccc4)c4ccccc4c3)cc2)cc1. The Bertz CT molecular complexity index is 2870. The van der Waals surface area contributed by atoms with Crippen molar-refractivity contribution in [3.8, 4) is 33.4 Å². The van der Waals surface area contributed by atoms with Crippen LogP contribution in [0.1, 0.15) is 0 Å². The highest BCUT2D eigenvalue weighted by atomic mass is 32.1. The van der Waals surface area contributed by atoms with Crippen molar-refractivity contribution in [2.75, 3.05) is 4.90 Å². The first kappa shape index (κ1) is 30.4. The maximum atomic E-state index is 2.39. The highest BCUT2D eigenvalue weighted by Gasteiger charge is 2.18. The molecule has 9 aromatic carbocycles. The van der Waals surface area contributed by atoms with Gasteiger partial charge in [-0.2, -0.15) is 0 Å². The minimum absolute atomic E-state index is 1.11. The molecule has 244 valence electrons. The topological polar surface area (TPSA) is 3.24 Å². The molecular formula is C50H33NS. The molecule has 0 aliphatic carbocycles. The zero-order valence-electron chi connectivity index (χ0n) is 28.4. The summed E-state index contributed by atoms with van der Waals surface area (Å²) in [5.41, 5.74) is 10.7. The van der Waals surface area contributed by atoms with Gasteiger partial charge in [0.25, 0.3) is 0 Å². The largest absolute Gasteiger partial charge is 0.310 e. The van der Waals surface area contributed by atoms with Gasteiger partial charge >= 0.3 is 0 Å². The van der Waals surface area contributed by atoms with E-state index in [1.54, 1.807) is 0 Å². The second kappa shape index (κ2) is 12.7. The summed E-state index contributed by atoms with van der Waals surface area (Å²) in [5.74, 6) is 0. The van der Waals surface area contributed by atoms with E-state index in [2.05, 4.69) is 205 Å². The minimum Gasteiger partial charge on any atom is -0.310 e. The fourth-order valence-corrected chi connectivity index (χ4v) is 8.93. The van der Waals surface area contributed by atoms with Crippen molar-refractivity contribution in [1.29, 1.82) is 0 Å². The van der Waals surface area contributed by atoms with Crippen molar-refractivity contribution in [1.82, 2.24) is 0 Å². The fraction of sp³-hybridized carbons (Fsp3) is 0. The summed E-state index contributed by atoms with van der Waals surface area (Å²) in [7, 11) is 0. The minimum atomic E-state index is 1.11. The first-order valence-corrected chi connectivity index (χ1v) is 18.6. The number of hydrogen-bond acceptors (Lipinski definition) is 2. The van der Waals surface area contributed by atoms with Crippen molar-refractivity contribution >= 4 is 70.1 Å². The van der Waals surface area contributed by atoms with Crippen LogP contribution in [-0.2, 0) is 0 Å². The third-order valence-corrected chi connectivity index (χ3v) is 11.4. The molecule has 1 nitrogen and oxygen atoms in total. The Morgan fingerprint density at radius 3 is 1.56 bits per heavy atom. The number of rotatable bonds is 6. The summed E-state index contributed by atoms with van der Waals surface area (Å²) in [5, 5.41) is 7.67. The van der Waals surface area contributed by atoms with Crippen LogP contribution in [0.3, 0.4) is 0 Å². The Morgan fingerprint density at radius 1 is 0.308 bits per heavy atom. The van der Waals surface area contributed by atoms with Crippen LogP contribution >= 0.6 is 11.3 Å². The van der Waals surface area contributed by atoms with Crippen LogP contribution in [0.5, 0.6) is 0 Å². The predicted molar refractivity (Wildman–Crippen MR) is 225 cm³/mol. The zero-order chi connectivity index (χ0) is 34.4. The summed E-state index contributed by atoms with van der Waals surface area (Å²) in [6, 6.07) is 72.9. The van der Waals surface area contributed by atoms with Crippen LogP contribution in [0.4, 0.5) is 17.1 Å². The van der Waals surface area contributed by atoms with Gasteiger partial charge in [-0.05, 0) is 103 Å². The van der Waals surface area contributed by atoms with Crippen molar-refractivity contribution in [3.05, 3.63) is 200 Å². The molecule has 0 bridgehead atoms. The summed E-state index contributed by atoms with van der Waals surface area (Å²) in [6.07, 6.45) is 0. The van der Waals surface area contributed by atoms with Crippen LogP contribution < -0.4 is 4.90 Å². The predicted octanol–water partition coefficient (Wildman–Crippen LogP) is 14.8. The van der Waals surface area contributed by atoms with Gasteiger partial charge in [-0.25, -0.2) is 0 Å². The van der Waals surface area contributed by atoms with Crippen LogP contribution in [0.15, 0.2) is 200 Å². The lowest BCUT2D eigenvalue weighted by molar-refractivity contribution is 1.29. The lowest BCUT2D eigenvalue weighted by Gasteiger charge is -2.27. The number of nitrogens with zero attached hydrogens (tertiary/aromatic N) is 1. The molecule has 0 unspecified atom stereocenters. The van der Waals surface area contributed by atoms with E-state index in [0.29, 0.717) is 0 Å². The van der Waals surface area contributed by atoms with Crippen LogP contribution in [0, 0.1) is 0 Å². The smallest absolute Gasteiger partial charge is 0.0474 e. The van der Waals surface area contributed by atoms with Gasteiger partial charge in [0.05, 0.1) is 0 Å². The van der Waals surface area contributed by atoms with Gasteiger partial charge in [-0.15, -0.1) is 11.3 Å². The van der Waals surface area contributed by atoms with E-state index in [4.69, 9.17) is 0 Å². The molecule has 0 spiro atoms. The van der Waals surface area contributed by atoms with E-state index in [1.807, 2.05) is 11.3 Å². The van der Waals surface area contributed by atoms with Crippen molar-refractivity contribution in [3.63, 3.8) is 0 Å². The quantitative estimate of drug-likeness (QED) is 0.169. The summed E-state index contributed by atoms with van der Waals surface area (Å²) in [4.78, 5) is 2.39. The second-order valence-corrected chi connectivity index (χ2v) is 14.4. The molecule has 0 saturated heterocycles. The average molecular weight is 680 g/mol. The normalized spacial score (nSPS) is 11.5.